The smallest absolute Gasteiger partial charge is 0.234 e. The molecule has 0 saturated carbocycles. The van der Waals surface area contributed by atoms with E-state index in [1.165, 1.54) is 12.0 Å². The quantitative estimate of drug-likeness (QED) is 0.349. The second kappa shape index (κ2) is 10.1. The maximum Gasteiger partial charge on any atom is 0.234 e. The lowest BCUT2D eigenvalue weighted by Crippen LogP contribution is -2.43. The molecule has 2 aliphatic rings. The molecule has 0 aromatic heterocycles. The first-order chi connectivity index (χ1) is 15.1. The summed E-state index contributed by atoms with van der Waals surface area (Å²) in [5.41, 5.74) is 9.55. The van der Waals surface area contributed by atoms with Crippen LogP contribution in [0.4, 0.5) is 5.69 Å². The van der Waals surface area contributed by atoms with Gasteiger partial charge in [-0.15, -0.1) is 0 Å². The van der Waals surface area contributed by atoms with Gasteiger partial charge >= 0.3 is 0 Å². The summed E-state index contributed by atoms with van der Waals surface area (Å²) in [7, 11) is 0. The zero-order chi connectivity index (χ0) is 21.6. The third-order valence-electron chi connectivity index (χ3n) is 6.44. The Morgan fingerprint density at radius 1 is 1.03 bits per heavy atom. The molecule has 2 aromatic rings. The third kappa shape index (κ3) is 5.14. The number of fused-ring (bicyclic) bond motifs is 1. The van der Waals surface area contributed by atoms with Gasteiger partial charge in [-0.1, -0.05) is 42.8 Å². The predicted molar refractivity (Wildman–Crippen MR) is 126 cm³/mol. The number of amidine groups is 1. The first-order valence-electron chi connectivity index (χ1n) is 11.4. The lowest BCUT2D eigenvalue weighted by Gasteiger charge is -2.35. The summed E-state index contributed by atoms with van der Waals surface area (Å²) in [6, 6.07) is 15.8. The first kappa shape index (κ1) is 21.5. The van der Waals surface area contributed by atoms with Crippen LogP contribution in [0, 0.1) is 5.41 Å². The number of hydrogen-bond donors (Lipinski definition) is 3. The maximum absolute atomic E-state index is 13.5. The molecule has 164 valence electrons. The van der Waals surface area contributed by atoms with Crippen molar-refractivity contribution in [3.8, 4) is 0 Å². The minimum Gasteiger partial charge on any atom is -0.384 e. The number of piperazine rings is 1. The van der Waals surface area contributed by atoms with Gasteiger partial charge in [0.2, 0.25) is 5.91 Å². The number of carbonyl (C=O) groups is 1. The van der Waals surface area contributed by atoms with Crippen molar-refractivity contribution in [2.75, 3.05) is 44.2 Å². The topological polar surface area (TPSA) is 85.5 Å². The molecule has 6 nitrogen and oxygen atoms in total. The molecule has 0 bridgehead atoms. The number of nitrogens with two attached hydrogens (primary N) is 1. The lowest BCUT2D eigenvalue weighted by molar-refractivity contribution is -0.120. The van der Waals surface area contributed by atoms with Gasteiger partial charge in [0.05, 0.1) is 5.92 Å². The molecule has 1 amide bonds. The summed E-state index contributed by atoms with van der Waals surface area (Å²) in [4.78, 5) is 18.0. The summed E-state index contributed by atoms with van der Waals surface area (Å²) < 4.78 is 0. The van der Waals surface area contributed by atoms with Crippen LogP contribution in [0.15, 0.2) is 48.5 Å². The molecule has 6 heteroatoms. The van der Waals surface area contributed by atoms with Crippen LogP contribution in [-0.2, 0) is 11.2 Å². The Kier molecular flexibility index (Phi) is 6.99. The number of amides is 1. The normalized spacial score (nSPS) is 19.3. The van der Waals surface area contributed by atoms with Gasteiger partial charge in [-0.3, -0.25) is 10.2 Å². The molecule has 1 atom stereocenters. The predicted octanol–water partition coefficient (Wildman–Crippen LogP) is 2.72. The number of rotatable bonds is 8. The number of hydrogen-bond acceptors (Lipinski definition) is 4. The fraction of sp³-hybridized carbons (Fsp3) is 0.440. The Morgan fingerprint density at radius 2 is 1.81 bits per heavy atom. The molecule has 0 spiro atoms. The Bertz CT molecular complexity index is 922. The fourth-order valence-corrected chi connectivity index (χ4v) is 4.69. The van der Waals surface area contributed by atoms with Crippen molar-refractivity contribution < 1.29 is 4.79 Å². The zero-order valence-corrected chi connectivity index (χ0v) is 18.1. The largest absolute Gasteiger partial charge is 0.384 e. The molecule has 2 aliphatic heterocycles. The minimum absolute atomic E-state index is 0.0341. The van der Waals surface area contributed by atoms with Gasteiger partial charge in [-0.25, -0.2) is 0 Å². The highest BCUT2D eigenvalue weighted by Gasteiger charge is 2.33. The summed E-state index contributed by atoms with van der Waals surface area (Å²) in [5, 5.41) is 11.1. The van der Waals surface area contributed by atoms with Gasteiger partial charge in [0.15, 0.2) is 0 Å². The van der Waals surface area contributed by atoms with Crippen molar-refractivity contribution in [3.63, 3.8) is 0 Å². The SMILES string of the molecule is N=C(N)c1cccc(C2Cc3ccccc3N(CCCCCN3CCNCC3)C2=O)c1. The average Bonchev–Trinajstić information content (AvgIpc) is 2.80. The van der Waals surface area contributed by atoms with Crippen LogP contribution in [0.1, 0.15) is 41.9 Å². The number of nitrogen functional groups attached to an aromatic ring is 1. The van der Waals surface area contributed by atoms with Gasteiger partial charge in [-0.05, 0) is 49.1 Å². The molecule has 2 heterocycles. The Morgan fingerprint density at radius 3 is 2.61 bits per heavy atom. The van der Waals surface area contributed by atoms with Crippen LogP contribution in [-0.4, -0.2) is 55.9 Å². The monoisotopic (exact) mass is 419 g/mol. The maximum atomic E-state index is 13.5. The van der Waals surface area contributed by atoms with Crippen LogP contribution in [0.25, 0.3) is 0 Å². The van der Waals surface area contributed by atoms with E-state index in [0.717, 1.165) is 63.4 Å². The number of anilines is 1. The van der Waals surface area contributed by atoms with E-state index in [1.54, 1.807) is 0 Å². The molecule has 1 saturated heterocycles. The van der Waals surface area contributed by atoms with E-state index in [9.17, 15) is 4.79 Å². The summed E-state index contributed by atoms with van der Waals surface area (Å²) >= 11 is 0. The van der Waals surface area contributed by atoms with Crippen molar-refractivity contribution in [2.45, 2.75) is 31.6 Å². The molecule has 4 N–H and O–H groups in total. The highest BCUT2D eigenvalue weighted by Crippen LogP contribution is 2.36. The Hall–Kier alpha value is -2.70. The minimum atomic E-state index is -0.227. The molecule has 0 aliphatic carbocycles. The molecular formula is C25H33N5O. The molecule has 1 unspecified atom stereocenters. The first-order valence-corrected chi connectivity index (χ1v) is 11.4. The molecule has 4 rings (SSSR count). The highest BCUT2D eigenvalue weighted by molar-refractivity contribution is 6.01. The summed E-state index contributed by atoms with van der Waals surface area (Å²) in [5.74, 6) is -0.0385. The van der Waals surface area contributed by atoms with Crippen molar-refractivity contribution in [1.82, 2.24) is 10.2 Å². The number of nitrogens with zero attached hydrogens (tertiary/aromatic N) is 2. The number of nitrogens with one attached hydrogen (secondary N) is 2. The molecular weight excluding hydrogens is 386 g/mol. The van der Waals surface area contributed by atoms with E-state index in [2.05, 4.69) is 22.3 Å². The van der Waals surface area contributed by atoms with Gasteiger partial charge in [0, 0.05) is 44.0 Å². The van der Waals surface area contributed by atoms with E-state index in [4.69, 9.17) is 11.1 Å². The van der Waals surface area contributed by atoms with Crippen molar-refractivity contribution in [3.05, 3.63) is 65.2 Å². The second-order valence-electron chi connectivity index (χ2n) is 8.57. The van der Waals surface area contributed by atoms with E-state index < -0.39 is 0 Å². The Balaban J connectivity index is 1.43. The fourth-order valence-electron chi connectivity index (χ4n) is 4.69. The second-order valence-corrected chi connectivity index (χ2v) is 8.57. The van der Waals surface area contributed by atoms with Gasteiger partial charge < -0.3 is 20.9 Å². The van der Waals surface area contributed by atoms with Gasteiger partial charge in [0.25, 0.3) is 0 Å². The van der Waals surface area contributed by atoms with Crippen LogP contribution >= 0.6 is 0 Å². The van der Waals surface area contributed by atoms with Crippen LogP contribution in [0.3, 0.4) is 0 Å². The summed E-state index contributed by atoms with van der Waals surface area (Å²) in [6.45, 7) is 6.35. The molecule has 2 aromatic carbocycles. The van der Waals surface area contributed by atoms with Crippen molar-refractivity contribution >= 4 is 17.4 Å². The van der Waals surface area contributed by atoms with Crippen LogP contribution < -0.4 is 16.0 Å². The number of para-hydroxylation sites is 1. The summed E-state index contributed by atoms with van der Waals surface area (Å²) in [6.07, 6.45) is 4.00. The van der Waals surface area contributed by atoms with Crippen LogP contribution in [0.2, 0.25) is 0 Å². The third-order valence-corrected chi connectivity index (χ3v) is 6.44. The number of unbranched alkanes of at least 4 members (excludes halogenated alkanes) is 2. The highest BCUT2D eigenvalue weighted by atomic mass is 16.2. The Labute approximate surface area is 184 Å². The molecule has 1 fully saturated rings. The van der Waals surface area contributed by atoms with Gasteiger partial charge in [0.1, 0.15) is 5.84 Å². The average molecular weight is 420 g/mol. The van der Waals surface area contributed by atoms with E-state index in [1.807, 2.05) is 41.3 Å². The van der Waals surface area contributed by atoms with Gasteiger partial charge in [-0.2, -0.15) is 0 Å². The van der Waals surface area contributed by atoms with Crippen molar-refractivity contribution in [2.24, 2.45) is 5.73 Å². The molecule has 31 heavy (non-hydrogen) atoms. The van der Waals surface area contributed by atoms with E-state index >= 15 is 0 Å². The standard InChI is InChI=1S/C25H33N5O/c26-24(27)21-9-6-8-19(17-21)22-18-20-7-2-3-10-23(20)30(25(22)31)14-5-1-4-13-29-15-11-28-12-16-29/h2-3,6-10,17,22,28H,1,4-5,11-16,18H2,(H3,26,27). The molecule has 0 radical (unpaired) electrons. The van der Waals surface area contributed by atoms with E-state index in [0.29, 0.717) is 12.0 Å². The number of benzene rings is 2. The van der Waals surface area contributed by atoms with Crippen LogP contribution in [0.5, 0.6) is 0 Å². The zero-order valence-electron chi connectivity index (χ0n) is 18.1. The van der Waals surface area contributed by atoms with E-state index in [-0.39, 0.29) is 17.7 Å². The van der Waals surface area contributed by atoms with Crippen molar-refractivity contribution in [1.29, 1.82) is 5.41 Å². The lowest BCUT2D eigenvalue weighted by atomic mass is 9.85. The number of carbonyl (C=O) groups excluding carboxylic acids is 1.